The fourth-order valence-corrected chi connectivity index (χ4v) is 1.49. The second-order valence-electron chi connectivity index (χ2n) is 3.01. The summed E-state index contributed by atoms with van der Waals surface area (Å²) in [6.45, 7) is 1.95. The molecule has 11 heavy (non-hydrogen) atoms. The molecule has 1 saturated heterocycles. The average molecular weight is 156 g/mol. The molecule has 0 aromatic heterocycles. The maximum Gasteiger partial charge on any atom is 0.207 e. The summed E-state index contributed by atoms with van der Waals surface area (Å²) in [5, 5.41) is 6.10. The number of carbonyl (C=O) groups excluding carboxylic acids is 1. The van der Waals surface area contributed by atoms with E-state index in [4.69, 9.17) is 0 Å². The Hall–Kier alpha value is -0.570. The maximum absolute atomic E-state index is 9.92. The summed E-state index contributed by atoms with van der Waals surface area (Å²) in [6.07, 6.45) is 5.73. The molecule has 3 heteroatoms. The molecule has 0 radical (unpaired) electrons. The fraction of sp³-hybridized carbons (Fsp3) is 0.875. The van der Waals surface area contributed by atoms with E-state index in [0.29, 0.717) is 6.04 Å². The van der Waals surface area contributed by atoms with Crippen molar-refractivity contribution >= 4 is 6.41 Å². The van der Waals surface area contributed by atoms with E-state index >= 15 is 0 Å². The number of rotatable bonds is 4. The van der Waals surface area contributed by atoms with Crippen molar-refractivity contribution in [1.82, 2.24) is 10.6 Å². The molecular formula is C8H16N2O. The van der Waals surface area contributed by atoms with E-state index < -0.39 is 0 Å². The van der Waals surface area contributed by atoms with E-state index in [9.17, 15) is 4.79 Å². The SMILES string of the molecule is O=CNCCC1CCCCN1. The third kappa shape index (κ3) is 3.37. The number of nitrogens with one attached hydrogen (secondary N) is 2. The van der Waals surface area contributed by atoms with Crippen molar-refractivity contribution in [3.05, 3.63) is 0 Å². The van der Waals surface area contributed by atoms with Crippen molar-refractivity contribution in [2.45, 2.75) is 31.7 Å². The Bertz CT molecular complexity index is 111. The summed E-state index contributed by atoms with van der Waals surface area (Å²) in [7, 11) is 0. The number of carbonyl (C=O) groups is 1. The minimum absolute atomic E-state index is 0.635. The molecule has 0 saturated carbocycles. The lowest BCUT2D eigenvalue weighted by atomic mass is 10.0. The zero-order valence-corrected chi connectivity index (χ0v) is 6.81. The summed E-state index contributed by atoms with van der Waals surface area (Å²) in [4.78, 5) is 9.92. The zero-order valence-electron chi connectivity index (χ0n) is 6.81. The molecule has 1 aliphatic rings. The van der Waals surface area contributed by atoms with E-state index in [1.807, 2.05) is 0 Å². The van der Waals surface area contributed by atoms with Crippen LogP contribution in [0.2, 0.25) is 0 Å². The molecule has 1 unspecified atom stereocenters. The first-order chi connectivity index (χ1) is 5.43. The van der Waals surface area contributed by atoms with Crippen LogP contribution in [0, 0.1) is 0 Å². The lowest BCUT2D eigenvalue weighted by molar-refractivity contribution is -0.109. The van der Waals surface area contributed by atoms with Gasteiger partial charge in [0.1, 0.15) is 0 Å². The minimum Gasteiger partial charge on any atom is -0.359 e. The lowest BCUT2D eigenvalue weighted by Crippen LogP contribution is -2.36. The zero-order chi connectivity index (χ0) is 7.94. The molecule has 0 spiro atoms. The third-order valence-electron chi connectivity index (χ3n) is 2.13. The van der Waals surface area contributed by atoms with E-state index in [1.54, 1.807) is 0 Å². The van der Waals surface area contributed by atoms with Crippen LogP contribution >= 0.6 is 0 Å². The second-order valence-corrected chi connectivity index (χ2v) is 3.01. The van der Waals surface area contributed by atoms with Gasteiger partial charge in [-0.2, -0.15) is 0 Å². The van der Waals surface area contributed by atoms with Gasteiger partial charge in [0.15, 0.2) is 0 Å². The molecular weight excluding hydrogens is 140 g/mol. The molecule has 64 valence electrons. The van der Waals surface area contributed by atoms with Crippen molar-refractivity contribution in [3.63, 3.8) is 0 Å². The Labute approximate surface area is 67.5 Å². The lowest BCUT2D eigenvalue weighted by Gasteiger charge is -2.22. The van der Waals surface area contributed by atoms with Crippen LogP contribution in [0.3, 0.4) is 0 Å². The van der Waals surface area contributed by atoms with Gasteiger partial charge in [0.2, 0.25) is 6.41 Å². The Balaban J connectivity index is 2.00. The molecule has 0 aromatic carbocycles. The summed E-state index contributed by atoms with van der Waals surface area (Å²) in [5.74, 6) is 0. The number of hydrogen-bond donors (Lipinski definition) is 2. The van der Waals surface area contributed by atoms with Gasteiger partial charge in [-0.3, -0.25) is 4.79 Å². The van der Waals surface area contributed by atoms with Crippen LogP contribution in [0.1, 0.15) is 25.7 Å². The normalized spacial score (nSPS) is 24.5. The van der Waals surface area contributed by atoms with Crippen LogP contribution < -0.4 is 10.6 Å². The second kappa shape index (κ2) is 5.13. The minimum atomic E-state index is 0.635. The highest BCUT2D eigenvalue weighted by atomic mass is 16.1. The first-order valence-corrected chi connectivity index (χ1v) is 4.34. The van der Waals surface area contributed by atoms with E-state index in [0.717, 1.165) is 25.9 Å². The molecule has 2 N–H and O–H groups in total. The van der Waals surface area contributed by atoms with Gasteiger partial charge in [-0.25, -0.2) is 0 Å². The van der Waals surface area contributed by atoms with Gasteiger partial charge in [-0.15, -0.1) is 0 Å². The Morgan fingerprint density at radius 1 is 1.55 bits per heavy atom. The van der Waals surface area contributed by atoms with Gasteiger partial charge in [0.25, 0.3) is 0 Å². The number of piperidine rings is 1. The van der Waals surface area contributed by atoms with Crippen molar-refractivity contribution in [3.8, 4) is 0 Å². The number of hydrogen-bond acceptors (Lipinski definition) is 2. The molecule has 1 rings (SSSR count). The quantitative estimate of drug-likeness (QED) is 0.453. The highest BCUT2D eigenvalue weighted by Crippen LogP contribution is 2.08. The molecule has 1 amide bonds. The molecule has 1 aliphatic heterocycles. The van der Waals surface area contributed by atoms with E-state index in [1.165, 1.54) is 19.3 Å². The van der Waals surface area contributed by atoms with Crippen LogP contribution in [0.25, 0.3) is 0 Å². The van der Waals surface area contributed by atoms with Crippen molar-refractivity contribution < 1.29 is 4.79 Å². The van der Waals surface area contributed by atoms with Gasteiger partial charge < -0.3 is 10.6 Å². The largest absolute Gasteiger partial charge is 0.359 e. The molecule has 0 aromatic rings. The number of amides is 1. The first-order valence-electron chi connectivity index (χ1n) is 4.34. The Morgan fingerprint density at radius 2 is 2.45 bits per heavy atom. The Kier molecular flexibility index (Phi) is 3.98. The highest BCUT2D eigenvalue weighted by molar-refractivity contribution is 5.45. The standard InChI is InChI=1S/C8H16N2O/c11-7-9-6-4-8-3-1-2-5-10-8/h7-8,10H,1-6H2,(H,9,11). The summed E-state index contributed by atoms with van der Waals surface area (Å²) in [5.41, 5.74) is 0. The molecule has 3 nitrogen and oxygen atoms in total. The molecule has 0 bridgehead atoms. The summed E-state index contributed by atoms with van der Waals surface area (Å²) in [6, 6.07) is 0.635. The van der Waals surface area contributed by atoms with Crippen LogP contribution in [0.4, 0.5) is 0 Å². The van der Waals surface area contributed by atoms with Crippen LogP contribution in [-0.2, 0) is 4.79 Å². The van der Waals surface area contributed by atoms with E-state index in [-0.39, 0.29) is 0 Å². The first kappa shape index (κ1) is 8.53. The van der Waals surface area contributed by atoms with E-state index in [2.05, 4.69) is 10.6 Å². The monoisotopic (exact) mass is 156 g/mol. The van der Waals surface area contributed by atoms with Gasteiger partial charge in [-0.05, 0) is 25.8 Å². The predicted molar refractivity (Wildman–Crippen MR) is 44.3 cm³/mol. The van der Waals surface area contributed by atoms with Gasteiger partial charge >= 0.3 is 0 Å². The van der Waals surface area contributed by atoms with Crippen molar-refractivity contribution in [2.75, 3.05) is 13.1 Å². The summed E-state index contributed by atoms with van der Waals surface area (Å²) < 4.78 is 0. The molecule has 0 aliphatic carbocycles. The van der Waals surface area contributed by atoms with Gasteiger partial charge in [0, 0.05) is 12.6 Å². The smallest absolute Gasteiger partial charge is 0.207 e. The van der Waals surface area contributed by atoms with Crippen LogP contribution in [0.5, 0.6) is 0 Å². The van der Waals surface area contributed by atoms with Crippen molar-refractivity contribution in [2.24, 2.45) is 0 Å². The molecule has 1 atom stereocenters. The van der Waals surface area contributed by atoms with Gasteiger partial charge in [0.05, 0.1) is 0 Å². The summed E-state index contributed by atoms with van der Waals surface area (Å²) >= 11 is 0. The van der Waals surface area contributed by atoms with Crippen LogP contribution in [0.15, 0.2) is 0 Å². The molecule has 1 fully saturated rings. The third-order valence-corrected chi connectivity index (χ3v) is 2.13. The van der Waals surface area contributed by atoms with Crippen molar-refractivity contribution in [1.29, 1.82) is 0 Å². The fourth-order valence-electron chi connectivity index (χ4n) is 1.49. The average Bonchev–Trinajstić information content (AvgIpc) is 2.07. The predicted octanol–water partition coefficient (Wildman–Crippen LogP) is 0.265. The maximum atomic E-state index is 9.92. The van der Waals surface area contributed by atoms with Gasteiger partial charge in [-0.1, -0.05) is 6.42 Å². The topological polar surface area (TPSA) is 41.1 Å². The Morgan fingerprint density at radius 3 is 3.09 bits per heavy atom. The van der Waals surface area contributed by atoms with Crippen LogP contribution in [-0.4, -0.2) is 25.5 Å². The highest BCUT2D eigenvalue weighted by Gasteiger charge is 2.10. The molecule has 1 heterocycles.